The number of aryl methyl sites for hydroxylation is 1. The molecule has 4 rings (SSSR count). The number of thiophene rings is 1. The van der Waals surface area contributed by atoms with E-state index >= 15 is 0 Å². The van der Waals surface area contributed by atoms with E-state index in [2.05, 4.69) is 5.32 Å². The Hall–Kier alpha value is -3.57. The first kappa shape index (κ1) is 30.4. The molecule has 222 valence electrons. The van der Waals surface area contributed by atoms with Crippen LogP contribution in [-0.4, -0.2) is 73.4 Å². The first-order valence-corrected chi connectivity index (χ1v) is 14.4. The van der Waals surface area contributed by atoms with Crippen LogP contribution in [0.1, 0.15) is 39.2 Å². The number of carbonyl (C=O) groups is 2. The van der Waals surface area contributed by atoms with Gasteiger partial charge in [0, 0.05) is 44.4 Å². The summed E-state index contributed by atoms with van der Waals surface area (Å²) in [4.78, 5) is 42.4. The lowest BCUT2D eigenvalue weighted by molar-refractivity contribution is -0.121. The summed E-state index contributed by atoms with van der Waals surface area (Å²) >= 11 is 1.37. The van der Waals surface area contributed by atoms with Crippen LogP contribution in [0.4, 0.5) is 9.80 Å². The number of likely N-dealkylation sites (tertiary alicyclic amines) is 1. The summed E-state index contributed by atoms with van der Waals surface area (Å²) in [7, 11) is 8.94. The van der Waals surface area contributed by atoms with E-state index in [0.29, 0.717) is 54.4 Å². The molecule has 0 spiro atoms. The highest BCUT2D eigenvalue weighted by Crippen LogP contribution is 2.41. The number of piperidine rings is 1. The molecule has 0 bridgehead atoms. The molecule has 0 radical (unpaired) electrons. The largest absolute Gasteiger partial charge is 0.496 e. The second-order valence-electron chi connectivity index (χ2n) is 11.6. The molecule has 10 nitrogen and oxygen atoms in total. The van der Waals surface area contributed by atoms with Gasteiger partial charge in [0.2, 0.25) is 5.91 Å². The first-order chi connectivity index (χ1) is 19.3. The zero-order chi connectivity index (χ0) is 30.1. The van der Waals surface area contributed by atoms with Crippen molar-refractivity contribution in [3.63, 3.8) is 0 Å². The van der Waals surface area contributed by atoms with Gasteiger partial charge in [0.05, 0.1) is 34.9 Å². The third kappa shape index (κ3) is 6.84. The first-order valence-electron chi connectivity index (χ1n) is 13.6. The zero-order valence-electron chi connectivity index (χ0n) is 25.1. The second-order valence-corrected chi connectivity index (χ2v) is 12.7. The number of carbonyl (C=O) groups excluding carboxylic acids is 2. The molecule has 0 unspecified atom stereocenters. The Bertz CT molecular complexity index is 1470. The lowest BCUT2D eigenvalue weighted by Crippen LogP contribution is -2.43. The Morgan fingerprint density at radius 1 is 1.07 bits per heavy atom. The average Bonchev–Trinajstić information content (AvgIpc) is 3.33. The zero-order valence-corrected chi connectivity index (χ0v) is 25.9. The standard InChI is InChI=1S/C30H40N4O6S/c1-30(2,3)40-29(37)34-11-9-18(10-12-34)27(35)31-25-15-20-26(41-25)21(17-33(6)28(20)36)19-13-23(38-7)22(16-32(4)5)24(14-19)39-8/h13-15,17-18H,9-12,16H2,1-8H3,(H,31,35). The molecule has 0 saturated carbocycles. The Balaban J connectivity index is 1.60. The van der Waals surface area contributed by atoms with Crippen LogP contribution in [0, 0.1) is 5.92 Å². The molecule has 11 heteroatoms. The molecule has 0 atom stereocenters. The van der Waals surface area contributed by atoms with Crippen LogP contribution in [0.15, 0.2) is 29.2 Å². The van der Waals surface area contributed by atoms with Crippen molar-refractivity contribution in [1.29, 1.82) is 0 Å². The topological polar surface area (TPSA) is 102 Å². The van der Waals surface area contributed by atoms with Gasteiger partial charge in [0.25, 0.3) is 5.56 Å². The Kier molecular flexibility index (Phi) is 8.98. The highest BCUT2D eigenvalue weighted by Gasteiger charge is 2.30. The molecular weight excluding hydrogens is 544 g/mol. The molecule has 2 amide bonds. The van der Waals surface area contributed by atoms with Gasteiger partial charge in [-0.25, -0.2) is 4.79 Å². The van der Waals surface area contributed by atoms with Crippen LogP contribution in [0.25, 0.3) is 21.2 Å². The maximum Gasteiger partial charge on any atom is 0.410 e. The molecule has 1 saturated heterocycles. The van der Waals surface area contributed by atoms with Crippen molar-refractivity contribution in [3.8, 4) is 22.6 Å². The number of methoxy groups -OCH3 is 2. The molecule has 3 heterocycles. The number of amides is 2. The maximum absolute atomic E-state index is 13.2. The minimum Gasteiger partial charge on any atom is -0.496 e. The van der Waals surface area contributed by atoms with Crippen LogP contribution < -0.4 is 20.3 Å². The van der Waals surface area contributed by atoms with Crippen molar-refractivity contribution in [2.24, 2.45) is 13.0 Å². The molecule has 1 aliphatic rings. The van der Waals surface area contributed by atoms with E-state index in [9.17, 15) is 14.4 Å². The molecule has 3 aromatic rings. The average molecular weight is 585 g/mol. The van der Waals surface area contributed by atoms with E-state index in [1.807, 2.05) is 51.9 Å². The number of aromatic nitrogens is 1. The van der Waals surface area contributed by atoms with E-state index < -0.39 is 5.60 Å². The Labute approximate surface area is 244 Å². The number of ether oxygens (including phenoxy) is 3. The predicted octanol–water partition coefficient (Wildman–Crippen LogP) is 4.93. The number of rotatable bonds is 7. The van der Waals surface area contributed by atoms with Crippen LogP contribution in [0.3, 0.4) is 0 Å². The van der Waals surface area contributed by atoms with Crippen molar-refractivity contribution in [1.82, 2.24) is 14.4 Å². The van der Waals surface area contributed by atoms with E-state index in [-0.39, 0.29) is 23.5 Å². The third-order valence-corrected chi connectivity index (χ3v) is 8.09. The van der Waals surface area contributed by atoms with Crippen LogP contribution in [-0.2, 0) is 23.1 Å². The van der Waals surface area contributed by atoms with Crippen LogP contribution in [0.2, 0.25) is 0 Å². The number of benzene rings is 1. The summed E-state index contributed by atoms with van der Waals surface area (Å²) in [6.07, 6.45) is 2.54. The SMILES string of the molecule is COc1cc(-c2cn(C)c(=O)c3cc(NC(=O)C4CCN(C(=O)OC(C)(C)C)CC4)sc23)cc(OC)c1CN(C)C. The van der Waals surface area contributed by atoms with Gasteiger partial charge in [-0.05, 0) is 71.5 Å². The van der Waals surface area contributed by atoms with Gasteiger partial charge in [-0.1, -0.05) is 0 Å². The Morgan fingerprint density at radius 3 is 2.22 bits per heavy atom. The van der Waals surface area contributed by atoms with Crippen molar-refractivity contribution in [2.75, 3.05) is 46.7 Å². The number of nitrogens with zero attached hydrogens (tertiary/aromatic N) is 3. The monoisotopic (exact) mass is 584 g/mol. The summed E-state index contributed by atoms with van der Waals surface area (Å²) in [5.74, 6) is 1.03. The molecule has 1 aromatic carbocycles. The minimum absolute atomic E-state index is 0.116. The molecule has 1 N–H and O–H groups in total. The normalized spacial score (nSPS) is 14.4. The lowest BCUT2D eigenvalue weighted by atomic mass is 9.96. The fraction of sp³-hybridized carbons (Fsp3) is 0.500. The van der Waals surface area contributed by atoms with Gasteiger partial charge in [0.1, 0.15) is 17.1 Å². The van der Waals surface area contributed by atoms with Gasteiger partial charge in [0.15, 0.2) is 0 Å². The highest BCUT2D eigenvalue weighted by atomic mass is 32.1. The van der Waals surface area contributed by atoms with Crippen molar-refractivity contribution in [2.45, 2.75) is 45.8 Å². The molecule has 2 aromatic heterocycles. The van der Waals surface area contributed by atoms with E-state index in [0.717, 1.165) is 21.4 Å². The predicted molar refractivity (Wildman–Crippen MR) is 162 cm³/mol. The summed E-state index contributed by atoms with van der Waals surface area (Å²) in [6.45, 7) is 7.06. The lowest BCUT2D eigenvalue weighted by Gasteiger charge is -2.32. The van der Waals surface area contributed by atoms with Gasteiger partial charge in [-0.2, -0.15) is 0 Å². The smallest absolute Gasteiger partial charge is 0.410 e. The van der Waals surface area contributed by atoms with E-state index in [1.54, 1.807) is 43.0 Å². The second kappa shape index (κ2) is 12.1. The number of pyridine rings is 1. The number of hydrogen-bond donors (Lipinski definition) is 1. The third-order valence-electron chi connectivity index (χ3n) is 7.01. The van der Waals surface area contributed by atoms with Crippen molar-refractivity contribution >= 4 is 38.4 Å². The molecular formula is C30H40N4O6S. The highest BCUT2D eigenvalue weighted by molar-refractivity contribution is 7.23. The number of hydrogen-bond acceptors (Lipinski definition) is 8. The summed E-state index contributed by atoms with van der Waals surface area (Å²) < 4.78 is 19.2. The fourth-order valence-corrected chi connectivity index (χ4v) is 6.09. The van der Waals surface area contributed by atoms with E-state index in [4.69, 9.17) is 14.2 Å². The molecule has 0 aliphatic carbocycles. The molecule has 41 heavy (non-hydrogen) atoms. The minimum atomic E-state index is -0.563. The number of anilines is 1. The summed E-state index contributed by atoms with van der Waals surface area (Å²) in [5, 5.41) is 4.16. The Morgan fingerprint density at radius 2 is 1.68 bits per heavy atom. The van der Waals surface area contributed by atoms with Crippen molar-refractivity contribution in [3.05, 3.63) is 40.3 Å². The fourth-order valence-electron chi connectivity index (χ4n) is 5.00. The van der Waals surface area contributed by atoms with Crippen molar-refractivity contribution < 1.29 is 23.8 Å². The van der Waals surface area contributed by atoms with Crippen LogP contribution in [0.5, 0.6) is 11.5 Å². The van der Waals surface area contributed by atoms with E-state index in [1.165, 1.54) is 11.3 Å². The van der Waals surface area contributed by atoms with Gasteiger partial charge in [-0.3, -0.25) is 9.59 Å². The van der Waals surface area contributed by atoms with Gasteiger partial charge >= 0.3 is 6.09 Å². The summed E-state index contributed by atoms with van der Waals surface area (Å²) in [5.41, 5.74) is 1.91. The van der Waals surface area contributed by atoms with Gasteiger partial charge in [-0.15, -0.1) is 11.3 Å². The summed E-state index contributed by atoms with van der Waals surface area (Å²) in [6, 6.07) is 5.66. The quantitative estimate of drug-likeness (QED) is 0.420. The van der Waals surface area contributed by atoms with Gasteiger partial charge < -0.3 is 33.9 Å². The number of nitrogens with one attached hydrogen (secondary N) is 1. The maximum atomic E-state index is 13.2. The molecule has 1 aliphatic heterocycles. The number of fused-ring (bicyclic) bond motifs is 1. The molecule has 1 fully saturated rings. The van der Waals surface area contributed by atoms with Crippen LogP contribution >= 0.6 is 11.3 Å².